The van der Waals surface area contributed by atoms with E-state index in [4.69, 9.17) is 9.84 Å². The summed E-state index contributed by atoms with van der Waals surface area (Å²) in [6.07, 6.45) is 0. The normalized spacial score (nSPS) is 26.3. The van der Waals surface area contributed by atoms with E-state index in [-0.39, 0.29) is 0 Å². The molecule has 1 fully saturated rings. The van der Waals surface area contributed by atoms with Gasteiger partial charge >= 0.3 is 11.9 Å². The van der Waals surface area contributed by atoms with Crippen molar-refractivity contribution in [1.29, 1.82) is 0 Å². The van der Waals surface area contributed by atoms with Crippen LogP contribution in [0.25, 0.3) is 0 Å². The molecule has 1 aliphatic rings. The summed E-state index contributed by atoms with van der Waals surface area (Å²) in [6, 6.07) is -0.660. The third-order valence-corrected chi connectivity index (χ3v) is 2.89. The maximum Gasteiger partial charge on any atom is 0.334 e. The topological polar surface area (TPSA) is 75.6 Å². The maximum absolute atomic E-state index is 11.5. The van der Waals surface area contributed by atoms with Crippen LogP contribution in [0.15, 0.2) is 0 Å². The molecule has 6 heteroatoms. The number of thioether (sulfide) groups is 1. The molecule has 1 heterocycles. The highest BCUT2D eigenvalue weighted by molar-refractivity contribution is 8.00. The molecule has 1 aliphatic heterocycles. The van der Waals surface area contributed by atoms with Crippen LogP contribution in [0.5, 0.6) is 0 Å². The predicted molar refractivity (Wildman–Crippen MR) is 56.7 cm³/mol. The Morgan fingerprint density at radius 3 is 2.47 bits per heavy atom. The Morgan fingerprint density at radius 2 is 2.07 bits per heavy atom. The number of hydrogen-bond acceptors (Lipinski definition) is 5. The minimum absolute atomic E-state index is 0.388. The summed E-state index contributed by atoms with van der Waals surface area (Å²) in [5.41, 5.74) is -0.541. The van der Waals surface area contributed by atoms with Gasteiger partial charge in [0.2, 0.25) is 0 Å². The van der Waals surface area contributed by atoms with Crippen LogP contribution in [0.1, 0.15) is 20.8 Å². The average molecular weight is 233 g/mol. The largest absolute Gasteiger partial charge is 0.480 e. The number of rotatable bonds is 2. The van der Waals surface area contributed by atoms with E-state index in [0.717, 1.165) is 0 Å². The number of nitrogens with one attached hydrogen (secondary N) is 1. The zero-order valence-electron chi connectivity index (χ0n) is 8.94. The van der Waals surface area contributed by atoms with Crippen molar-refractivity contribution < 1.29 is 19.4 Å². The molecule has 2 N–H and O–H groups in total. The van der Waals surface area contributed by atoms with Crippen molar-refractivity contribution in [3.63, 3.8) is 0 Å². The van der Waals surface area contributed by atoms with Crippen molar-refractivity contribution in [2.75, 3.05) is 5.75 Å². The smallest absolute Gasteiger partial charge is 0.334 e. The summed E-state index contributed by atoms with van der Waals surface area (Å²) in [6.45, 7) is 5.33. The predicted octanol–water partition coefficient (Wildman–Crippen LogP) is 0.444. The molecule has 0 amide bonds. The fourth-order valence-corrected chi connectivity index (χ4v) is 2.17. The fourth-order valence-electron chi connectivity index (χ4n) is 1.11. The molecule has 86 valence electrons. The standard InChI is InChI=1S/C9H15NO4S/c1-9(2,3)14-8(13)6-10-5(4-15-6)7(11)12/h5-6,10H,4H2,1-3H3,(H,11,12)/t5-,6+/m0/s1. The molecule has 0 spiro atoms. The lowest BCUT2D eigenvalue weighted by Gasteiger charge is -2.21. The quantitative estimate of drug-likeness (QED) is 0.674. The average Bonchev–Trinajstić information content (AvgIpc) is 2.47. The molecule has 5 nitrogen and oxygen atoms in total. The second kappa shape index (κ2) is 4.40. The number of hydrogen-bond donors (Lipinski definition) is 2. The number of carboxylic acid groups (broad SMARTS) is 1. The number of carbonyl (C=O) groups is 2. The first-order valence-electron chi connectivity index (χ1n) is 4.63. The molecule has 0 saturated carbocycles. The van der Waals surface area contributed by atoms with Crippen molar-refractivity contribution in [1.82, 2.24) is 5.32 Å². The Morgan fingerprint density at radius 1 is 1.47 bits per heavy atom. The van der Waals surface area contributed by atoms with Crippen LogP contribution in [0.3, 0.4) is 0 Å². The van der Waals surface area contributed by atoms with Crippen molar-refractivity contribution in [2.45, 2.75) is 37.8 Å². The summed E-state index contributed by atoms with van der Waals surface area (Å²) in [5, 5.41) is 10.9. The first kappa shape index (κ1) is 12.3. The van der Waals surface area contributed by atoms with Gasteiger partial charge in [-0.25, -0.2) is 4.79 Å². The molecule has 1 rings (SSSR count). The van der Waals surface area contributed by atoms with Gasteiger partial charge in [0.25, 0.3) is 0 Å². The Labute approximate surface area is 92.6 Å². The molecule has 1 saturated heterocycles. The van der Waals surface area contributed by atoms with Gasteiger partial charge in [0, 0.05) is 5.75 Å². The van der Waals surface area contributed by atoms with Gasteiger partial charge in [-0.15, -0.1) is 11.8 Å². The van der Waals surface area contributed by atoms with E-state index < -0.39 is 29.0 Å². The zero-order valence-corrected chi connectivity index (χ0v) is 9.76. The Bertz CT molecular complexity index is 274. The monoisotopic (exact) mass is 233 g/mol. The molecule has 0 aromatic rings. The van der Waals surface area contributed by atoms with Crippen LogP contribution in [0, 0.1) is 0 Å². The molecule has 0 unspecified atom stereocenters. The molecular weight excluding hydrogens is 218 g/mol. The minimum atomic E-state index is -0.937. The number of esters is 1. The fraction of sp³-hybridized carbons (Fsp3) is 0.778. The zero-order chi connectivity index (χ0) is 11.6. The Hall–Kier alpha value is -0.750. The SMILES string of the molecule is CC(C)(C)OC(=O)[C@@H]1N[C@H](C(=O)O)CS1. The molecular formula is C9H15NO4S. The lowest BCUT2D eigenvalue weighted by Crippen LogP contribution is -2.42. The summed E-state index contributed by atoms with van der Waals surface area (Å²) < 4.78 is 5.13. The lowest BCUT2D eigenvalue weighted by molar-refractivity contribution is -0.154. The molecule has 2 atom stereocenters. The van der Waals surface area contributed by atoms with Gasteiger partial charge in [0.05, 0.1) is 0 Å². The van der Waals surface area contributed by atoms with Gasteiger partial charge < -0.3 is 9.84 Å². The third-order valence-electron chi connectivity index (χ3n) is 1.70. The number of carbonyl (C=O) groups excluding carboxylic acids is 1. The lowest BCUT2D eigenvalue weighted by atomic mass is 10.2. The first-order chi connectivity index (χ1) is 6.79. The van der Waals surface area contributed by atoms with Gasteiger partial charge in [0.1, 0.15) is 11.6 Å². The van der Waals surface area contributed by atoms with Gasteiger partial charge in [-0.2, -0.15) is 0 Å². The molecule has 15 heavy (non-hydrogen) atoms. The number of aliphatic carboxylic acids is 1. The van der Waals surface area contributed by atoms with Gasteiger partial charge in [-0.1, -0.05) is 0 Å². The van der Waals surface area contributed by atoms with Gasteiger partial charge in [0.15, 0.2) is 5.37 Å². The van der Waals surface area contributed by atoms with Crippen LogP contribution in [-0.2, 0) is 14.3 Å². The molecule has 0 aromatic carbocycles. The Kier molecular flexibility index (Phi) is 3.62. The van der Waals surface area contributed by atoms with E-state index in [0.29, 0.717) is 5.75 Å². The highest BCUT2D eigenvalue weighted by Gasteiger charge is 2.36. The van der Waals surface area contributed by atoms with Crippen molar-refractivity contribution >= 4 is 23.7 Å². The van der Waals surface area contributed by atoms with Gasteiger partial charge in [-0.05, 0) is 20.8 Å². The van der Waals surface area contributed by atoms with Crippen LogP contribution >= 0.6 is 11.8 Å². The van der Waals surface area contributed by atoms with Crippen LogP contribution in [-0.4, -0.2) is 39.8 Å². The third kappa shape index (κ3) is 3.71. The summed E-state index contributed by atoms with van der Waals surface area (Å²) in [5.74, 6) is -0.955. The van der Waals surface area contributed by atoms with E-state index >= 15 is 0 Å². The van der Waals surface area contributed by atoms with Crippen LogP contribution in [0.4, 0.5) is 0 Å². The van der Waals surface area contributed by atoms with E-state index in [1.165, 1.54) is 11.8 Å². The second-order valence-electron chi connectivity index (χ2n) is 4.30. The summed E-state index contributed by atoms with van der Waals surface area (Å²) in [4.78, 5) is 22.2. The van der Waals surface area contributed by atoms with E-state index in [1.54, 1.807) is 20.8 Å². The Balaban J connectivity index is 2.47. The van der Waals surface area contributed by atoms with Crippen LogP contribution < -0.4 is 5.32 Å². The van der Waals surface area contributed by atoms with Crippen molar-refractivity contribution in [2.24, 2.45) is 0 Å². The molecule has 0 bridgehead atoms. The second-order valence-corrected chi connectivity index (χ2v) is 5.44. The molecule has 0 aliphatic carbocycles. The highest BCUT2D eigenvalue weighted by Crippen LogP contribution is 2.22. The number of ether oxygens (including phenoxy) is 1. The maximum atomic E-state index is 11.5. The van der Waals surface area contributed by atoms with Crippen molar-refractivity contribution in [3.8, 4) is 0 Å². The van der Waals surface area contributed by atoms with Gasteiger partial charge in [-0.3, -0.25) is 10.1 Å². The minimum Gasteiger partial charge on any atom is -0.480 e. The molecule has 0 radical (unpaired) electrons. The van der Waals surface area contributed by atoms with Crippen molar-refractivity contribution in [3.05, 3.63) is 0 Å². The van der Waals surface area contributed by atoms with E-state index in [9.17, 15) is 9.59 Å². The molecule has 0 aromatic heterocycles. The van der Waals surface area contributed by atoms with E-state index in [1.807, 2.05) is 0 Å². The highest BCUT2D eigenvalue weighted by atomic mass is 32.2. The number of carboxylic acids is 1. The first-order valence-corrected chi connectivity index (χ1v) is 5.68. The summed E-state index contributed by atoms with van der Waals surface area (Å²) >= 11 is 1.26. The summed E-state index contributed by atoms with van der Waals surface area (Å²) in [7, 11) is 0. The van der Waals surface area contributed by atoms with E-state index in [2.05, 4.69) is 5.32 Å². The van der Waals surface area contributed by atoms with Crippen LogP contribution in [0.2, 0.25) is 0 Å².